The van der Waals surface area contributed by atoms with Gasteiger partial charge < -0.3 is 5.11 Å². The summed E-state index contributed by atoms with van der Waals surface area (Å²) >= 11 is 1.17. The first-order chi connectivity index (χ1) is 16.8. The fourth-order valence-corrected chi connectivity index (χ4v) is 4.29. The summed E-state index contributed by atoms with van der Waals surface area (Å²) in [6.07, 6.45) is -0.223. The first-order valence-corrected chi connectivity index (χ1v) is 11.0. The Labute approximate surface area is 199 Å². The number of aromatic nitrogens is 4. The number of nitrogens with zero attached hydrogens (tertiary/aromatic N) is 5. The molecule has 0 saturated carbocycles. The number of aromatic hydroxyl groups is 1. The highest BCUT2D eigenvalue weighted by atomic mass is 32.1. The van der Waals surface area contributed by atoms with Crippen LogP contribution in [0.5, 0.6) is 5.88 Å². The summed E-state index contributed by atoms with van der Waals surface area (Å²) in [5, 5.41) is 20.4. The summed E-state index contributed by atoms with van der Waals surface area (Å²) in [4.78, 5) is 21.5. The molecule has 0 saturated heterocycles. The van der Waals surface area contributed by atoms with E-state index in [-0.39, 0.29) is 16.1 Å². The maximum atomic E-state index is 13.7. The summed E-state index contributed by atoms with van der Waals surface area (Å²) in [5.74, 6) is -0.675. The van der Waals surface area contributed by atoms with Gasteiger partial charge in [-0.25, -0.2) is 9.56 Å². The Morgan fingerprint density at radius 1 is 0.971 bits per heavy atom. The zero-order chi connectivity index (χ0) is 24.6. The minimum absolute atomic E-state index is 0.0651. The molecule has 0 radical (unpaired) electrons. The third kappa shape index (κ3) is 4.17. The van der Waals surface area contributed by atoms with Crippen LogP contribution in [0.3, 0.4) is 0 Å². The molecular weight excluding hydrogens is 479 g/mol. The van der Waals surface area contributed by atoms with Gasteiger partial charge in [-0.05, 0) is 30.3 Å². The van der Waals surface area contributed by atoms with Crippen molar-refractivity contribution in [1.82, 2.24) is 19.7 Å². The molecule has 1 N–H and O–H groups in total. The van der Waals surface area contributed by atoms with Gasteiger partial charge in [0.05, 0.1) is 16.8 Å². The van der Waals surface area contributed by atoms with Gasteiger partial charge in [0.1, 0.15) is 0 Å². The van der Waals surface area contributed by atoms with Crippen LogP contribution in [-0.2, 0) is 6.18 Å². The molecule has 0 bridgehead atoms. The Balaban J connectivity index is 1.68. The van der Waals surface area contributed by atoms with Crippen LogP contribution in [0.2, 0.25) is 0 Å². The van der Waals surface area contributed by atoms with Gasteiger partial charge in [0.2, 0.25) is 11.0 Å². The molecule has 0 aliphatic heterocycles. The van der Waals surface area contributed by atoms with Gasteiger partial charge in [-0.15, -0.1) is 10.2 Å². The molecule has 3 aromatic heterocycles. The van der Waals surface area contributed by atoms with E-state index < -0.39 is 28.9 Å². The van der Waals surface area contributed by atoms with Crippen LogP contribution < -0.4 is 5.56 Å². The molecule has 2 aromatic carbocycles. The van der Waals surface area contributed by atoms with E-state index in [4.69, 9.17) is 0 Å². The lowest BCUT2D eigenvalue weighted by Gasteiger charge is -2.17. The number of benzene rings is 2. The lowest BCUT2D eigenvalue weighted by atomic mass is 10.1. The Morgan fingerprint density at radius 3 is 2.46 bits per heavy atom. The van der Waals surface area contributed by atoms with E-state index in [1.807, 2.05) is 6.07 Å². The molecule has 5 aromatic rings. The molecule has 7 nitrogen and oxygen atoms in total. The number of halogens is 3. The average Bonchev–Trinajstić information content (AvgIpc) is 3.33. The monoisotopic (exact) mass is 493 g/mol. The topological polar surface area (TPSA) is 93.3 Å². The van der Waals surface area contributed by atoms with Crippen LogP contribution in [0.15, 0.2) is 82.8 Å². The molecule has 0 fully saturated rings. The second-order valence-electron chi connectivity index (χ2n) is 7.33. The van der Waals surface area contributed by atoms with Gasteiger partial charge in [-0.2, -0.15) is 13.2 Å². The molecule has 0 atom stereocenters. The van der Waals surface area contributed by atoms with E-state index in [0.717, 1.165) is 17.7 Å². The number of para-hydroxylation sites is 1. The lowest BCUT2D eigenvalue weighted by molar-refractivity contribution is -0.137. The summed E-state index contributed by atoms with van der Waals surface area (Å²) in [6, 6.07) is 14.4. The first-order valence-electron chi connectivity index (χ1n) is 10.2. The highest BCUT2D eigenvalue weighted by Crippen LogP contribution is 2.36. The fraction of sp³-hybridized carbons (Fsp3) is 0.0417. The average molecular weight is 493 g/mol. The number of aliphatic imine (C=N–C) groups is 1. The molecule has 35 heavy (non-hydrogen) atoms. The zero-order valence-corrected chi connectivity index (χ0v) is 18.5. The second-order valence-corrected chi connectivity index (χ2v) is 8.28. The fourth-order valence-electron chi connectivity index (χ4n) is 3.61. The molecule has 0 aliphatic rings. The van der Waals surface area contributed by atoms with Crippen molar-refractivity contribution in [2.45, 2.75) is 6.18 Å². The molecule has 0 spiro atoms. The second kappa shape index (κ2) is 8.76. The Morgan fingerprint density at radius 2 is 1.71 bits per heavy atom. The van der Waals surface area contributed by atoms with E-state index in [1.54, 1.807) is 36.7 Å². The Bertz CT molecular complexity index is 1630. The molecule has 0 aliphatic carbocycles. The van der Waals surface area contributed by atoms with Crippen molar-refractivity contribution in [2.75, 3.05) is 0 Å². The molecule has 3 heterocycles. The van der Waals surface area contributed by atoms with E-state index in [0.29, 0.717) is 15.0 Å². The standard InChI is InChI=1S/C24H14F3N5O2S/c25-24(26,27)18-9-3-4-10-19(18)32-21(33)16-8-2-1-7-15(16)17(22(32)34)13-29-23-31-30-20(35-23)14-6-5-11-28-12-14/h1-13,34H/b29-13+. The van der Waals surface area contributed by atoms with E-state index in [1.165, 1.54) is 35.8 Å². The molecular formula is C24H14F3N5O2S. The number of fused-ring (bicyclic) bond motifs is 1. The summed E-state index contributed by atoms with van der Waals surface area (Å²) < 4.78 is 41.7. The highest BCUT2D eigenvalue weighted by Gasteiger charge is 2.34. The molecule has 174 valence electrons. The normalized spacial score (nSPS) is 12.0. The number of hydrogen-bond acceptors (Lipinski definition) is 7. The van der Waals surface area contributed by atoms with Crippen LogP contribution in [0.1, 0.15) is 11.1 Å². The van der Waals surface area contributed by atoms with Crippen LogP contribution >= 0.6 is 11.3 Å². The van der Waals surface area contributed by atoms with Gasteiger partial charge in [0, 0.05) is 34.9 Å². The highest BCUT2D eigenvalue weighted by molar-refractivity contribution is 7.18. The molecule has 11 heteroatoms. The van der Waals surface area contributed by atoms with Crippen LogP contribution in [0.25, 0.3) is 27.0 Å². The quantitative estimate of drug-likeness (QED) is 0.340. The zero-order valence-electron chi connectivity index (χ0n) is 17.6. The number of alkyl halides is 3. The summed E-state index contributed by atoms with van der Waals surface area (Å²) in [6.45, 7) is 0. The van der Waals surface area contributed by atoms with E-state index in [9.17, 15) is 23.1 Å². The van der Waals surface area contributed by atoms with Crippen molar-refractivity contribution in [1.29, 1.82) is 0 Å². The largest absolute Gasteiger partial charge is 0.494 e. The minimum Gasteiger partial charge on any atom is -0.494 e. The van der Waals surface area contributed by atoms with Gasteiger partial charge >= 0.3 is 6.18 Å². The summed E-state index contributed by atoms with van der Waals surface area (Å²) in [7, 11) is 0. The van der Waals surface area contributed by atoms with Gasteiger partial charge in [0.15, 0.2) is 5.01 Å². The first kappa shape index (κ1) is 22.4. The lowest BCUT2D eigenvalue weighted by Crippen LogP contribution is -2.23. The van der Waals surface area contributed by atoms with Gasteiger partial charge in [-0.3, -0.25) is 9.78 Å². The number of rotatable bonds is 4. The maximum Gasteiger partial charge on any atom is 0.418 e. The predicted molar refractivity (Wildman–Crippen MR) is 127 cm³/mol. The smallest absolute Gasteiger partial charge is 0.418 e. The third-order valence-electron chi connectivity index (χ3n) is 5.18. The van der Waals surface area contributed by atoms with Gasteiger partial charge in [-0.1, -0.05) is 41.7 Å². The Kier molecular flexibility index (Phi) is 5.61. The SMILES string of the molecule is O=c1c2ccccc2c(/C=N/c2nnc(-c3cccnc3)s2)c(O)n1-c1ccccc1C(F)(F)F. The summed E-state index contributed by atoms with van der Waals surface area (Å²) in [5.41, 5.74) is -1.52. The third-order valence-corrected chi connectivity index (χ3v) is 6.06. The van der Waals surface area contributed by atoms with Crippen LogP contribution in [0.4, 0.5) is 18.3 Å². The van der Waals surface area contributed by atoms with Crippen molar-refractivity contribution in [3.63, 3.8) is 0 Å². The van der Waals surface area contributed by atoms with Crippen molar-refractivity contribution in [3.05, 3.63) is 94.5 Å². The Hall–Kier alpha value is -4.38. The van der Waals surface area contributed by atoms with Gasteiger partial charge in [0.25, 0.3) is 5.56 Å². The van der Waals surface area contributed by atoms with Crippen LogP contribution in [0, 0.1) is 0 Å². The van der Waals surface area contributed by atoms with E-state index >= 15 is 0 Å². The van der Waals surface area contributed by atoms with Crippen LogP contribution in [-0.4, -0.2) is 31.1 Å². The minimum atomic E-state index is -4.74. The molecule has 0 amide bonds. The molecule has 0 unspecified atom stereocenters. The predicted octanol–water partition coefficient (Wildman–Crippen LogP) is 5.38. The molecule has 5 rings (SSSR count). The number of hydrogen-bond donors (Lipinski definition) is 1. The maximum absolute atomic E-state index is 13.7. The van der Waals surface area contributed by atoms with Crippen molar-refractivity contribution in [3.8, 4) is 22.1 Å². The van der Waals surface area contributed by atoms with Crippen molar-refractivity contribution in [2.24, 2.45) is 4.99 Å². The van der Waals surface area contributed by atoms with E-state index in [2.05, 4.69) is 20.2 Å². The van der Waals surface area contributed by atoms with Crippen molar-refractivity contribution >= 4 is 33.5 Å². The number of pyridine rings is 2. The van der Waals surface area contributed by atoms with Crippen molar-refractivity contribution < 1.29 is 18.3 Å².